The molecule has 0 aliphatic carbocycles. The molecule has 1 amide bonds. The maximum atomic E-state index is 9.81. The van der Waals surface area contributed by atoms with E-state index in [1.165, 1.54) is 0 Å². The largest absolute Gasteiger partial charge is 0.339 e. The summed E-state index contributed by atoms with van der Waals surface area (Å²) in [6.45, 7) is 3.79. The van der Waals surface area contributed by atoms with Crippen molar-refractivity contribution >= 4 is 17.0 Å². The summed E-state index contributed by atoms with van der Waals surface area (Å²) < 4.78 is 0. The molecule has 0 rings (SSSR count). The third kappa shape index (κ3) is 9.09. The van der Waals surface area contributed by atoms with Crippen molar-refractivity contribution < 1.29 is 4.79 Å². The van der Waals surface area contributed by atoms with Crippen molar-refractivity contribution in [2.75, 3.05) is 6.54 Å². The molecule has 0 bridgehead atoms. The van der Waals surface area contributed by atoms with E-state index in [1.54, 1.807) is 6.08 Å². The summed E-state index contributed by atoms with van der Waals surface area (Å²) in [5, 5.41) is 1.76. The predicted octanol–water partition coefficient (Wildman–Crippen LogP) is 1.76. The summed E-state index contributed by atoms with van der Waals surface area (Å²) in [5.41, 5.74) is 0. The van der Waals surface area contributed by atoms with Crippen LogP contribution in [0.4, 0.5) is 4.79 Å². The molecular weight excluding hydrogens is 126 g/mol. The molecule has 3 heteroatoms. The lowest BCUT2D eigenvalue weighted by Crippen LogP contribution is -2.15. The minimum absolute atomic E-state index is 0. The molecule has 0 saturated carbocycles. The van der Waals surface area contributed by atoms with Crippen molar-refractivity contribution in [3.63, 3.8) is 0 Å². The van der Waals surface area contributed by atoms with Crippen LogP contribution in [0.25, 0.3) is 0 Å². The number of carbonyl (C=O) groups is 1. The smallest absolute Gasteiger partial charge is 0.314 e. The van der Waals surface area contributed by atoms with E-state index in [-0.39, 0.29) is 7.43 Å². The summed E-state index contributed by atoms with van der Waals surface area (Å²) >= 11 is 4.86. The average molecular weight is 136 g/mol. The minimum Gasteiger partial charge on any atom is -0.339 e. The molecule has 8 heavy (non-hydrogen) atoms. The van der Waals surface area contributed by atoms with Crippen molar-refractivity contribution in [3.8, 4) is 0 Å². The first-order valence-electron chi connectivity index (χ1n) is 1.81. The van der Waals surface area contributed by atoms with Gasteiger partial charge in [-0.2, -0.15) is 0 Å². The van der Waals surface area contributed by atoms with Crippen LogP contribution in [0.3, 0.4) is 0 Å². The number of rotatable bonds is 2. The Hall–Kier alpha value is -0.500. The fourth-order valence-electron chi connectivity index (χ4n) is 0.152. The highest BCUT2D eigenvalue weighted by Gasteiger charge is 1.84. The lowest BCUT2D eigenvalue weighted by Gasteiger charge is -1.88. The van der Waals surface area contributed by atoms with E-state index in [4.69, 9.17) is 11.6 Å². The molecule has 0 aromatic rings. The van der Waals surface area contributed by atoms with E-state index in [1.807, 2.05) is 0 Å². The highest BCUT2D eigenvalue weighted by Crippen LogP contribution is 1.73. The molecule has 0 aromatic carbocycles. The zero-order valence-corrected chi connectivity index (χ0v) is 4.53. The van der Waals surface area contributed by atoms with E-state index < -0.39 is 5.37 Å². The summed E-state index contributed by atoms with van der Waals surface area (Å²) in [6.07, 6.45) is 1.56. The third-order valence-corrected chi connectivity index (χ3v) is 0.519. The fourth-order valence-corrected chi connectivity index (χ4v) is 0.230. The van der Waals surface area contributed by atoms with E-state index >= 15 is 0 Å². The van der Waals surface area contributed by atoms with Gasteiger partial charge in [0.15, 0.2) is 0 Å². The molecule has 0 spiro atoms. The average Bonchev–Trinajstić information content (AvgIpc) is 1.61. The minimum atomic E-state index is -0.542. The van der Waals surface area contributed by atoms with E-state index in [2.05, 4.69) is 11.9 Å². The normalized spacial score (nSPS) is 6.62. The van der Waals surface area contributed by atoms with Gasteiger partial charge in [-0.05, 0) is 11.6 Å². The second-order valence-electron chi connectivity index (χ2n) is 0.943. The van der Waals surface area contributed by atoms with Gasteiger partial charge in [-0.1, -0.05) is 13.5 Å². The molecular formula is C5H10ClNO. The molecule has 0 aromatic heterocycles. The van der Waals surface area contributed by atoms with Gasteiger partial charge in [0.1, 0.15) is 0 Å². The van der Waals surface area contributed by atoms with E-state index in [0.29, 0.717) is 6.54 Å². The summed E-state index contributed by atoms with van der Waals surface area (Å²) in [5.74, 6) is 0. The Kier molecular flexibility index (Phi) is 8.51. The first kappa shape index (κ1) is 10.5. The number of halogens is 1. The Morgan fingerprint density at radius 2 is 2.38 bits per heavy atom. The topological polar surface area (TPSA) is 29.1 Å². The van der Waals surface area contributed by atoms with Crippen molar-refractivity contribution in [2.45, 2.75) is 7.43 Å². The van der Waals surface area contributed by atoms with E-state index in [9.17, 15) is 4.79 Å². The standard InChI is InChI=1S/C4H6ClNO.CH4/c1-2-3-6-4(5)7;/h2H,1,3H2,(H,6,7);1H4. The first-order valence-corrected chi connectivity index (χ1v) is 2.19. The van der Waals surface area contributed by atoms with Gasteiger partial charge >= 0.3 is 5.37 Å². The van der Waals surface area contributed by atoms with Crippen LogP contribution < -0.4 is 5.32 Å². The lowest BCUT2D eigenvalue weighted by molar-refractivity contribution is 0.260. The Bertz CT molecular complexity index is 82.5. The van der Waals surface area contributed by atoms with Crippen molar-refractivity contribution in [3.05, 3.63) is 12.7 Å². The Balaban J connectivity index is 0. The Morgan fingerprint density at radius 1 is 1.88 bits per heavy atom. The summed E-state index contributed by atoms with van der Waals surface area (Å²) in [7, 11) is 0. The van der Waals surface area contributed by atoms with Crippen LogP contribution in [0.15, 0.2) is 12.7 Å². The van der Waals surface area contributed by atoms with Gasteiger partial charge < -0.3 is 5.32 Å². The van der Waals surface area contributed by atoms with Crippen LogP contribution >= 0.6 is 11.6 Å². The molecule has 0 fully saturated rings. The zero-order valence-electron chi connectivity index (χ0n) is 3.78. The van der Waals surface area contributed by atoms with Gasteiger partial charge in [0.05, 0.1) is 0 Å². The highest BCUT2D eigenvalue weighted by molar-refractivity contribution is 6.62. The summed E-state index contributed by atoms with van der Waals surface area (Å²) in [4.78, 5) is 9.81. The number of hydrogen-bond donors (Lipinski definition) is 1. The molecule has 1 N–H and O–H groups in total. The molecule has 0 saturated heterocycles. The summed E-state index contributed by atoms with van der Waals surface area (Å²) in [6, 6.07) is 0. The van der Waals surface area contributed by atoms with Gasteiger partial charge in [-0.25, -0.2) is 0 Å². The molecule has 0 aliphatic heterocycles. The van der Waals surface area contributed by atoms with Gasteiger partial charge in [0.25, 0.3) is 0 Å². The highest BCUT2D eigenvalue weighted by atomic mass is 35.5. The van der Waals surface area contributed by atoms with Crippen LogP contribution in [0, 0.1) is 0 Å². The monoisotopic (exact) mass is 135 g/mol. The maximum Gasteiger partial charge on any atom is 0.314 e. The van der Waals surface area contributed by atoms with Crippen molar-refractivity contribution in [2.24, 2.45) is 0 Å². The Morgan fingerprint density at radius 3 is 2.50 bits per heavy atom. The van der Waals surface area contributed by atoms with E-state index in [0.717, 1.165) is 0 Å². The fraction of sp³-hybridized carbons (Fsp3) is 0.400. The molecule has 0 unspecified atom stereocenters. The SMILES string of the molecule is C.C=CCNC(=O)Cl. The zero-order chi connectivity index (χ0) is 5.70. The molecule has 0 radical (unpaired) electrons. The first-order chi connectivity index (χ1) is 3.27. The number of carbonyl (C=O) groups excluding carboxylic acids is 1. The van der Waals surface area contributed by atoms with Crippen LogP contribution in [0.5, 0.6) is 0 Å². The van der Waals surface area contributed by atoms with Crippen molar-refractivity contribution in [1.29, 1.82) is 0 Å². The molecule has 0 heterocycles. The number of amides is 1. The second-order valence-corrected chi connectivity index (χ2v) is 1.29. The van der Waals surface area contributed by atoms with Crippen LogP contribution in [0.2, 0.25) is 0 Å². The quantitative estimate of drug-likeness (QED) is 0.349. The molecule has 48 valence electrons. The lowest BCUT2D eigenvalue weighted by atomic mass is 10.6. The van der Waals surface area contributed by atoms with Gasteiger partial charge in [0, 0.05) is 6.54 Å². The second kappa shape index (κ2) is 6.50. The third-order valence-electron chi connectivity index (χ3n) is 0.385. The van der Waals surface area contributed by atoms with Crippen LogP contribution in [-0.4, -0.2) is 11.9 Å². The molecule has 2 nitrogen and oxygen atoms in total. The van der Waals surface area contributed by atoms with Gasteiger partial charge in [-0.15, -0.1) is 6.58 Å². The maximum absolute atomic E-state index is 9.81. The van der Waals surface area contributed by atoms with Crippen LogP contribution in [-0.2, 0) is 0 Å². The van der Waals surface area contributed by atoms with Crippen LogP contribution in [0.1, 0.15) is 7.43 Å². The number of hydrogen-bond acceptors (Lipinski definition) is 1. The van der Waals surface area contributed by atoms with Crippen molar-refractivity contribution in [1.82, 2.24) is 5.32 Å². The number of nitrogens with one attached hydrogen (secondary N) is 1. The molecule has 0 aliphatic rings. The predicted molar refractivity (Wildman–Crippen MR) is 36.2 cm³/mol. The Labute approximate surface area is 54.5 Å². The van der Waals surface area contributed by atoms with Gasteiger partial charge in [0.2, 0.25) is 0 Å². The van der Waals surface area contributed by atoms with Gasteiger partial charge in [-0.3, -0.25) is 4.79 Å². The molecule has 0 atom stereocenters.